The summed E-state index contributed by atoms with van der Waals surface area (Å²) in [6, 6.07) is -0.0129. The molecule has 0 spiro atoms. The molecule has 0 aliphatic carbocycles. The van der Waals surface area contributed by atoms with E-state index in [9.17, 15) is 4.79 Å². The lowest BCUT2D eigenvalue weighted by Gasteiger charge is -2.24. The lowest BCUT2D eigenvalue weighted by Crippen LogP contribution is -2.44. The molecule has 0 aromatic heterocycles. The van der Waals surface area contributed by atoms with E-state index in [1.165, 1.54) is 4.90 Å². The lowest BCUT2D eigenvalue weighted by atomic mass is 10.1. The molecule has 1 unspecified atom stereocenters. The Balaban J connectivity index is 2.58. The summed E-state index contributed by atoms with van der Waals surface area (Å²) in [7, 11) is 0. The summed E-state index contributed by atoms with van der Waals surface area (Å²) in [5.74, 6) is 0. The highest BCUT2D eigenvalue weighted by Gasteiger charge is 2.30. The van der Waals surface area contributed by atoms with Crippen LogP contribution in [0.1, 0.15) is 19.8 Å². The van der Waals surface area contributed by atoms with Gasteiger partial charge in [-0.25, -0.2) is 4.79 Å². The fraction of sp³-hybridized carbons (Fsp3) is 0.857. The Hall–Kier alpha value is -0.770. The van der Waals surface area contributed by atoms with Gasteiger partial charge in [-0.2, -0.15) is 0 Å². The predicted molar refractivity (Wildman–Crippen MR) is 41.4 cm³/mol. The molecule has 64 valence electrons. The van der Waals surface area contributed by atoms with Crippen molar-refractivity contribution in [2.24, 2.45) is 5.73 Å². The molecule has 0 aromatic carbocycles. The van der Waals surface area contributed by atoms with E-state index in [0.717, 1.165) is 12.8 Å². The van der Waals surface area contributed by atoms with Crippen molar-refractivity contribution < 1.29 is 9.90 Å². The van der Waals surface area contributed by atoms with Crippen LogP contribution in [-0.2, 0) is 0 Å². The first kappa shape index (κ1) is 8.33. The summed E-state index contributed by atoms with van der Waals surface area (Å²) < 4.78 is 0. The third-order valence-corrected chi connectivity index (χ3v) is 2.15. The molecule has 0 aromatic rings. The molecule has 4 heteroatoms. The highest BCUT2D eigenvalue weighted by Crippen LogP contribution is 2.18. The van der Waals surface area contributed by atoms with Crippen LogP contribution >= 0.6 is 0 Å². The predicted octanol–water partition coefficient (Wildman–Crippen LogP) is 0.476. The molecule has 11 heavy (non-hydrogen) atoms. The third-order valence-electron chi connectivity index (χ3n) is 2.15. The van der Waals surface area contributed by atoms with Crippen molar-refractivity contribution >= 4 is 6.09 Å². The second-order valence-corrected chi connectivity index (χ2v) is 3.04. The molecule has 3 N–H and O–H groups in total. The summed E-state index contributed by atoms with van der Waals surface area (Å²) in [5.41, 5.74) is 5.62. The zero-order valence-corrected chi connectivity index (χ0v) is 6.66. The standard InChI is InChI=1S/C7H14N2O2/c1-5(8)6-3-2-4-9(6)7(10)11/h5-6H,2-4,8H2,1H3,(H,10,11)/t5?,6-/m0/s1. The maximum Gasteiger partial charge on any atom is 0.407 e. The van der Waals surface area contributed by atoms with Crippen LogP contribution in [-0.4, -0.2) is 34.7 Å². The Labute approximate surface area is 66.0 Å². The number of rotatable bonds is 1. The Bertz CT molecular complexity index is 159. The van der Waals surface area contributed by atoms with Crippen molar-refractivity contribution in [1.82, 2.24) is 4.90 Å². The first-order chi connectivity index (χ1) is 5.13. The minimum absolute atomic E-state index is 0.0347. The summed E-state index contributed by atoms with van der Waals surface area (Å²) >= 11 is 0. The lowest BCUT2D eigenvalue weighted by molar-refractivity contribution is 0.135. The van der Waals surface area contributed by atoms with E-state index in [0.29, 0.717) is 6.54 Å². The van der Waals surface area contributed by atoms with Crippen LogP contribution in [0.5, 0.6) is 0 Å². The average Bonchev–Trinajstić information content (AvgIpc) is 2.32. The molecule has 1 fully saturated rings. The summed E-state index contributed by atoms with van der Waals surface area (Å²) in [4.78, 5) is 12.0. The monoisotopic (exact) mass is 158 g/mol. The Morgan fingerprint density at radius 2 is 2.45 bits per heavy atom. The number of hydrogen-bond donors (Lipinski definition) is 2. The van der Waals surface area contributed by atoms with Crippen molar-refractivity contribution in [3.8, 4) is 0 Å². The topological polar surface area (TPSA) is 66.6 Å². The molecular weight excluding hydrogens is 144 g/mol. The number of nitrogens with two attached hydrogens (primary N) is 1. The van der Waals surface area contributed by atoms with Gasteiger partial charge in [0.15, 0.2) is 0 Å². The van der Waals surface area contributed by atoms with E-state index in [1.807, 2.05) is 6.92 Å². The van der Waals surface area contributed by atoms with Crippen LogP contribution in [0.3, 0.4) is 0 Å². The highest BCUT2D eigenvalue weighted by molar-refractivity contribution is 5.65. The third kappa shape index (κ3) is 1.63. The van der Waals surface area contributed by atoms with Gasteiger partial charge in [0.25, 0.3) is 0 Å². The fourth-order valence-corrected chi connectivity index (χ4v) is 1.58. The second kappa shape index (κ2) is 3.09. The zero-order valence-electron chi connectivity index (χ0n) is 6.66. The zero-order chi connectivity index (χ0) is 8.43. The van der Waals surface area contributed by atoms with Gasteiger partial charge in [0, 0.05) is 18.6 Å². The van der Waals surface area contributed by atoms with Crippen molar-refractivity contribution in [1.29, 1.82) is 0 Å². The first-order valence-corrected chi connectivity index (χ1v) is 3.88. The summed E-state index contributed by atoms with van der Waals surface area (Å²) in [6.07, 6.45) is 1.01. The fourth-order valence-electron chi connectivity index (χ4n) is 1.58. The largest absolute Gasteiger partial charge is 0.465 e. The normalized spacial score (nSPS) is 27.1. The number of nitrogens with zero attached hydrogens (tertiary/aromatic N) is 1. The van der Waals surface area contributed by atoms with Crippen LogP contribution in [0.4, 0.5) is 4.79 Å². The quantitative estimate of drug-likeness (QED) is 0.583. The first-order valence-electron chi connectivity index (χ1n) is 3.88. The maximum atomic E-state index is 10.6. The molecule has 1 aliphatic heterocycles. The number of carbonyl (C=O) groups is 1. The second-order valence-electron chi connectivity index (χ2n) is 3.04. The van der Waals surface area contributed by atoms with Gasteiger partial charge in [-0.3, -0.25) is 0 Å². The molecule has 2 atom stereocenters. The van der Waals surface area contributed by atoms with E-state index in [2.05, 4.69) is 0 Å². The van der Waals surface area contributed by atoms with Gasteiger partial charge in [-0.1, -0.05) is 0 Å². The van der Waals surface area contributed by atoms with Gasteiger partial charge in [-0.05, 0) is 19.8 Å². The molecule has 1 amide bonds. The van der Waals surface area contributed by atoms with Gasteiger partial charge in [0.05, 0.1) is 0 Å². The van der Waals surface area contributed by atoms with E-state index in [-0.39, 0.29) is 12.1 Å². The van der Waals surface area contributed by atoms with Gasteiger partial charge in [-0.15, -0.1) is 0 Å². The van der Waals surface area contributed by atoms with Crippen molar-refractivity contribution in [3.63, 3.8) is 0 Å². The number of amides is 1. The number of likely N-dealkylation sites (tertiary alicyclic amines) is 1. The van der Waals surface area contributed by atoms with Gasteiger partial charge < -0.3 is 15.7 Å². The van der Waals surface area contributed by atoms with E-state index in [4.69, 9.17) is 10.8 Å². The van der Waals surface area contributed by atoms with Gasteiger partial charge >= 0.3 is 6.09 Å². The Morgan fingerprint density at radius 3 is 2.82 bits per heavy atom. The van der Waals surface area contributed by atoms with Crippen molar-refractivity contribution in [2.45, 2.75) is 31.8 Å². The minimum Gasteiger partial charge on any atom is -0.465 e. The summed E-state index contributed by atoms with van der Waals surface area (Å²) in [6.45, 7) is 2.49. The van der Waals surface area contributed by atoms with Crippen LogP contribution < -0.4 is 5.73 Å². The number of hydrogen-bond acceptors (Lipinski definition) is 2. The average molecular weight is 158 g/mol. The van der Waals surface area contributed by atoms with E-state index in [1.54, 1.807) is 0 Å². The van der Waals surface area contributed by atoms with Crippen LogP contribution in [0, 0.1) is 0 Å². The molecule has 0 saturated carbocycles. The highest BCUT2D eigenvalue weighted by atomic mass is 16.4. The van der Waals surface area contributed by atoms with Crippen LogP contribution in [0.2, 0.25) is 0 Å². The molecule has 1 heterocycles. The molecule has 0 bridgehead atoms. The maximum absolute atomic E-state index is 10.6. The SMILES string of the molecule is CC(N)[C@@H]1CCCN1C(=O)O. The van der Waals surface area contributed by atoms with E-state index < -0.39 is 6.09 Å². The van der Waals surface area contributed by atoms with Crippen molar-refractivity contribution in [2.75, 3.05) is 6.54 Å². The summed E-state index contributed by atoms with van der Waals surface area (Å²) in [5, 5.41) is 8.70. The molecular formula is C7H14N2O2. The Morgan fingerprint density at radius 1 is 1.82 bits per heavy atom. The van der Waals surface area contributed by atoms with Crippen LogP contribution in [0.25, 0.3) is 0 Å². The molecule has 1 aliphatic rings. The molecule has 1 saturated heterocycles. The smallest absolute Gasteiger partial charge is 0.407 e. The van der Waals surface area contributed by atoms with E-state index >= 15 is 0 Å². The van der Waals surface area contributed by atoms with Gasteiger partial charge in [0.2, 0.25) is 0 Å². The Kier molecular flexibility index (Phi) is 2.34. The van der Waals surface area contributed by atoms with Gasteiger partial charge in [0.1, 0.15) is 0 Å². The number of carboxylic acid groups (broad SMARTS) is 1. The minimum atomic E-state index is -0.843. The molecule has 0 radical (unpaired) electrons. The van der Waals surface area contributed by atoms with Crippen LogP contribution in [0.15, 0.2) is 0 Å². The molecule has 4 nitrogen and oxygen atoms in total. The molecule has 1 rings (SSSR count). The van der Waals surface area contributed by atoms with Crippen molar-refractivity contribution in [3.05, 3.63) is 0 Å².